The Balaban J connectivity index is 4.24. The molecule has 0 aliphatic carbocycles. The number of rotatable bonds is 51. The molecule has 4 N–H and O–H groups in total. The topological polar surface area (TPSA) is 125 Å². The molecule has 9 nitrogen and oxygen atoms in total. The van der Waals surface area contributed by atoms with E-state index >= 15 is 0 Å². The van der Waals surface area contributed by atoms with Crippen LogP contribution < -0.4 is 5.32 Å². The number of nitrogens with one attached hydrogen (secondary N) is 1. The van der Waals surface area contributed by atoms with Crippen LogP contribution in [0.2, 0.25) is 0 Å². The molecule has 0 radical (unpaired) electrons. The van der Waals surface area contributed by atoms with Crippen molar-refractivity contribution in [3.8, 4) is 0 Å². The Morgan fingerprint density at radius 3 is 1.25 bits per heavy atom. The number of quaternary nitrogens is 1. The molecule has 4 atom stereocenters. The Morgan fingerprint density at radius 2 is 0.849 bits per heavy atom. The summed E-state index contributed by atoms with van der Waals surface area (Å²) in [5.41, 5.74) is 0. The molecule has 0 aliphatic heterocycles. The molecule has 0 spiro atoms. The van der Waals surface area contributed by atoms with E-state index in [0.29, 0.717) is 23.9 Å². The first-order valence-electron chi connectivity index (χ1n) is 29.0. The van der Waals surface area contributed by atoms with Gasteiger partial charge in [0, 0.05) is 6.42 Å². The number of allylic oxidation sites excluding steroid dienone is 20. The number of carbonyl (C=O) groups is 1. The van der Waals surface area contributed by atoms with Crippen LogP contribution in [0.25, 0.3) is 0 Å². The third kappa shape index (κ3) is 53.5. The van der Waals surface area contributed by atoms with Crippen molar-refractivity contribution in [1.29, 1.82) is 0 Å². The molecule has 0 aliphatic rings. The summed E-state index contributed by atoms with van der Waals surface area (Å²) in [5, 5.41) is 24.8. The summed E-state index contributed by atoms with van der Waals surface area (Å²) in [6.45, 7) is 4.46. The molecule has 10 heteroatoms. The molecule has 418 valence electrons. The first-order valence-corrected chi connectivity index (χ1v) is 30.5. The molecule has 0 aromatic carbocycles. The highest BCUT2D eigenvalue weighted by Gasteiger charge is 2.32. The molecule has 0 aromatic rings. The van der Waals surface area contributed by atoms with E-state index in [1.54, 1.807) is 0 Å². The van der Waals surface area contributed by atoms with Crippen LogP contribution in [-0.4, -0.2) is 84.6 Å². The van der Waals surface area contributed by atoms with Gasteiger partial charge in [0.05, 0.1) is 39.9 Å². The minimum atomic E-state index is -4.43. The second kappa shape index (κ2) is 52.3. The lowest BCUT2D eigenvalue weighted by Gasteiger charge is -2.28. The van der Waals surface area contributed by atoms with E-state index in [0.717, 1.165) is 122 Å². The molecule has 0 rings (SSSR count). The third-order valence-corrected chi connectivity index (χ3v) is 13.3. The van der Waals surface area contributed by atoms with E-state index in [4.69, 9.17) is 9.05 Å². The number of nitrogens with zero attached hydrogens (tertiary/aromatic N) is 1. The van der Waals surface area contributed by atoms with Gasteiger partial charge < -0.3 is 24.9 Å². The summed E-state index contributed by atoms with van der Waals surface area (Å²) in [5.74, 6) is -0.278. The maximum Gasteiger partial charge on any atom is 0.472 e. The summed E-state index contributed by atoms with van der Waals surface area (Å²) >= 11 is 0. The lowest BCUT2D eigenvalue weighted by molar-refractivity contribution is -0.870. The zero-order valence-electron chi connectivity index (χ0n) is 47.2. The van der Waals surface area contributed by atoms with E-state index < -0.39 is 32.7 Å². The van der Waals surface area contributed by atoms with Crippen molar-refractivity contribution < 1.29 is 38.0 Å². The Morgan fingerprint density at radius 1 is 0.493 bits per heavy atom. The molecular weight excluding hydrogens is 928 g/mol. The average molecular weight is 1040 g/mol. The summed E-state index contributed by atoms with van der Waals surface area (Å²) in [4.78, 5) is 23.3. The normalized spacial score (nSPS) is 15.2. The number of amides is 1. The number of phosphoric acid groups is 1. The number of phosphoric ester groups is 1. The van der Waals surface area contributed by atoms with Crippen molar-refractivity contribution in [2.75, 3.05) is 40.9 Å². The van der Waals surface area contributed by atoms with E-state index in [-0.39, 0.29) is 18.9 Å². The fourth-order valence-electron chi connectivity index (χ4n) is 7.76. The number of unbranched alkanes of at least 4 members (excludes halogenated alkanes) is 17. The lowest BCUT2D eigenvalue weighted by Crippen LogP contribution is -2.51. The summed E-state index contributed by atoms with van der Waals surface area (Å²) in [6.07, 6.45) is 74.2. The van der Waals surface area contributed by atoms with Crippen molar-refractivity contribution >= 4 is 13.7 Å². The van der Waals surface area contributed by atoms with Gasteiger partial charge in [0.2, 0.25) is 5.91 Å². The van der Waals surface area contributed by atoms with Crippen molar-refractivity contribution in [2.24, 2.45) is 0 Å². The van der Waals surface area contributed by atoms with Gasteiger partial charge in [-0.1, -0.05) is 238 Å². The molecule has 0 fully saturated rings. The van der Waals surface area contributed by atoms with Gasteiger partial charge in [0.1, 0.15) is 19.3 Å². The van der Waals surface area contributed by atoms with Gasteiger partial charge in [-0.3, -0.25) is 13.8 Å². The first-order chi connectivity index (χ1) is 35.4. The van der Waals surface area contributed by atoms with Crippen LogP contribution in [0.3, 0.4) is 0 Å². The molecule has 4 unspecified atom stereocenters. The maximum atomic E-state index is 13.0. The predicted molar refractivity (Wildman–Crippen MR) is 314 cm³/mol. The van der Waals surface area contributed by atoms with Crippen LogP contribution in [0.5, 0.6) is 0 Å². The van der Waals surface area contributed by atoms with Gasteiger partial charge in [-0.25, -0.2) is 4.57 Å². The summed E-state index contributed by atoms with van der Waals surface area (Å²) < 4.78 is 23.6. The highest BCUT2D eigenvalue weighted by atomic mass is 31.2. The largest absolute Gasteiger partial charge is 0.472 e. The maximum absolute atomic E-state index is 13.0. The monoisotopic (exact) mass is 1040 g/mol. The number of carbonyl (C=O) groups excluding carboxylic acids is 1. The Labute approximate surface area is 448 Å². The van der Waals surface area contributed by atoms with Crippen LogP contribution >= 0.6 is 7.82 Å². The SMILES string of the molecule is CC/C=C\C/C=C\C/C=C\C/C=C\C/C=C\C/C=C\C/C=C\C/C=C\C/C=C\C/C=C\CCCCCCCCC(=O)NC(COP(=O)(O)OCC[N+](C)(C)C)C(O)C(O)CCCCCCCCCCCCCC. The second-order valence-electron chi connectivity index (χ2n) is 20.4. The molecule has 0 bridgehead atoms. The molecule has 0 aromatic heterocycles. The Bertz CT molecular complexity index is 1620. The highest BCUT2D eigenvalue weighted by molar-refractivity contribution is 7.47. The molecular formula is C63H110N2O7P+. The van der Waals surface area contributed by atoms with Crippen LogP contribution in [0.1, 0.15) is 213 Å². The van der Waals surface area contributed by atoms with Gasteiger partial charge in [0.25, 0.3) is 0 Å². The minimum absolute atomic E-state index is 0.0125. The number of aliphatic hydroxyl groups is 2. The van der Waals surface area contributed by atoms with Gasteiger partial charge in [-0.15, -0.1) is 0 Å². The van der Waals surface area contributed by atoms with Gasteiger partial charge in [-0.05, 0) is 89.9 Å². The number of aliphatic hydroxyl groups excluding tert-OH is 2. The zero-order valence-corrected chi connectivity index (χ0v) is 48.1. The highest BCUT2D eigenvalue weighted by Crippen LogP contribution is 2.43. The molecule has 0 saturated heterocycles. The van der Waals surface area contributed by atoms with Crippen LogP contribution in [0.4, 0.5) is 0 Å². The van der Waals surface area contributed by atoms with Crippen molar-refractivity contribution in [1.82, 2.24) is 5.32 Å². The van der Waals surface area contributed by atoms with Gasteiger partial charge >= 0.3 is 7.82 Å². The van der Waals surface area contributed by atoms with Gasteiger partial charge in [-0.2, -0.15) is 0 Å². The van der Waals surface area contributed by atoms with E-state index in [9.17, 15) is 24.5 Å². The lowest BCUT2D eigenvalue weighted by atomic mass is 9.99. The standard InChI is InChI=1S/C63H109N2O7P/c1-6-8-10-12-14-16-18-20-21-22-23-24-25-26-27-28-29-30-31-32-33-34-35-36-37-38-39-40-41-42-43-44-46-48-50-52-54-56-62(67)64-60(59-72-73(69,70)71-58-57-65(3,4)5)63(68)61(66)55-53-51-49-47-45-19-17-15-13-11-9-7-2/h8,10,14,16,20-21,23-24,26-27,29-30,32-33,35-36,38-39,41-42,60-61,63,66,68H,6-7,9,11-13,15,17-19,22,25,28,31,34,37,40,43-59H2,1-5H3,(H-,64,67,69,70)/p+1/b10-8-,16-14-,21-20-,24-23-,27-26-,30-29-,33-32-,36-35-,39-38-,42-41-. The third-order valence-electron chi connectivity index (χ3n) is 12.3. The molecule has 1 amide bonds. The van der Waals surface area contributed by atoms with Crippen molar-refractivity contribution in [3.05, 3.63) is 122 Å². The van der Waals surface area contributed by atoms with Gasteiger partial charge in [0.15, 0.2) is 0 Å². The minimum Gasteiger partial charge on any atom is -0.390 e. The number of hydrogen-bond donors (Lipinski definition) is 4. The van der Waals surface area contributed by atoms with Crippen molar-refractivity contribution in [2.45, 2.75) is 231 Å². The smallest absolute Gasteiger partial charge is 0.390 e. The summed E-state index contributed by atoms with van der Waals surface area (Å²) in [6, 6.07) is -1.05. The second-order valence-corrected chi connectivity index (χ2v) is 21.9. The molecule has 0 saturated carbocycles. The zero-order chi connectivity index (χ0) is 53.6. The fourth-order valence-corrected chi connectivity index (χ4v) is 8.49. The van der Waals surface area contributed by atoms with E-state index in [1.807, 2.05) is 21.1 Å². The first kappa shape index (κ1) is 69.9. The average Bonchev–Trinajstić information content (AvgIpc) is 3.35. The van der Waals surface area contributed by atoms with Crippen LogP contribution in [0.15, 0.2) is 122 Å². The molecule has 73 heavy (non-hydrogen) atoms. The van der Waals surface area contributed by atoms with E-state index in [2.05, 4.69) is 141 Å². The van der Waals surface area contributed by atoms with Crippen LogP contribution in [-0.2, 0) is 18.4 Å². The van der Waals surface area contributed by atoms with Crippen LogP contribution in [0, 0.1) is 0 Å². The number of likely N-dealkylation sites (N-methyl/N-ethyl adjacent to an activating group) is 1. The summed E-state index contributed by atoms with van der Waals surface area (Å²) in [7, 11) is 1.41. The van der Waals surface area contributed by atoms with E-state index in [1.165, 1.54) is 57.8 Å². The number of hydrogen-bond acceptors (Lipinski definition) is 6. The quantitative estimate of drug-likeness (QED) is 0.0207. The molecule has 0 heterocycles. The Hall–Kier alpha value is -3.14. The van der Waals surface area contributed by atoms with Crippen molar-refractivity contribution in [3.63, 3.8) is 0 Å². The predicted octanol–water partition coefficient (Wildman–Crippen LogP) is 16.7. The fraction of sp³-hybridized carbons (Fsp3) is 0.667. The Kier molecular flexibility index (Phi) is 50.1.